The van der Waals surface area contributed by atoms with Crippen LogP contribution >= 0.6 is 0 Å². The molecule has 27 heavy (non-hydrogen) atoms. The summed E-state index contributed by atoms with van der Waals surface area (Å²) in [6, 6.07) is 14.2. The van der Waals surface area contributed by atoms with Gasteiger partial charge in [-0.2, -0.15) is 8.78 Å². The van der Waals surface area contributed by atoms with E-state index in [1.807, 2.05) is 18.2 Å². The molecule has 0 saturated heterocycles. The summed E-state index contributed by atoms with van der Waals surface area (Å²) in [5.74, 6) is 6.29. The van der Waals surface area contributed by atoms with Crippen LogP contribution in [-0.4, -0.2) is 19.7 Å². The molecule has 0 unspecified atom stereocenters. The number of alkyl halides is 2. The van der Waals surface area contributed by atoms with Crippen LogP contribution in [0.3, 0.4) is 0 Å². The first kappa shape index (κ1) is 18.7. The molecule has 3 rings (SSSR count). The van der Waals surface area contributed by atoms with Gasteiger partial charge in [0.05, 0.1) is 7.11 Å². The Labute approximate surface area is 156 Å². The molecule has 0 heterocycles. The zero-order chi connectivity index (χ0) is 19.2. The minimum Gasteiger partial charge on any atom is -0.466 e. The number of hydrogen-bond acceptors (Lipinski definition) is 3. The van der Waals surface area contributed by atoms with Crippen LogP contribution < -0.4 is 4.74 Å². The van der Waals surface area contributed by atoms with E-state index in [1.165, 1.54) is 24.8 Å². The van der Waals surface area contributed by atoms with Crippen LogP contribution in [0.1, 0.15) is 35.4 Å². The van der Waals surface area contributed by atoms with Crippen molar-refractivity contribution in [2.24, 2.45) is 0 Å². The molecule has 0 spiro atoms. The van der Waals surface area contributed by atoms with Gasteiger partial charge in [0, 0.05) is 17.2 Å². The number of halogens is 2. The minimum atomic E-state index is -2.83. The van der Waals surface area contributed by atoms with Gasteiger partial charge in [-0.3, -0.25) is 0 Å². The highest BCUT2D eigenvalue weighted by atomic mass is 19.3. The predicted molar refractivity (Wildman–Crippen MR) is 97.6 cm³/mol. The number of hydrogen-bond donors (Lipinski definition) is 0. The molecule has 0 amide bonds. The van der Waals surface area contributed by atoms with Crippen LogP contribution in [-0.2, 0) is 9.53 Å². The molecule has 0 N–H and O–H groups in total. The van der Waals surface area contributed by atoms with Gasteiger partial charge in [-0.25, -0.2) is 4.79 Å². The molecule has 2 aromatic carbocycles. The van der Waals surface area contributed by atoms with Gasteiger partial charge in [-0.1, -0.05) is 29.5 Å². The molecule has 1 saturated carbocycles. The van der Waals surface area contributed by atoms with Gasteiger partial charge in [0.25, 0.3) is 0 Å². The van der Waals surface area contributed by atoms with Gasteiger partial charge in [0.15, 0.2) is 0 Å². The van der Waals surface area contributed by atoms with E-state index in [0.717, 1.165) is 24.0 Å². The Morgan fingerprint density at radius 2 is 1.81 bits per heavy atom. The lowest BCUT2D eigenvalue weighted by Gasteiger charge is -2.29. The summed E-state index contributed by atoms with van der Waals surface area (Å²) in [6.07, 6.45) is 3.25. The summed E-state index contributed by atoms with van der Waals surface area (Å²) in [6.45, 7) is -2.83. The summed E-state index contributed by atoms with van der Waals surface area (Å²) < 4.78 is 33.3. The standard InChI is InChI=1S/C22H18F2O3/c1-26-21(25)14-17-12-19(13-17)18-4-2-3-16(11-18)6-5-15-7-9-20(10-8-15)27-22(23)24/h2-4,7-11,14,19,22H,12-13H2,1H3. The maximum atomic E-state index is 12.2. The molecule has 0 aromatic heterocycles. The first-order chi connectivity index (χ1) is 13.0. The van der Waals surface area contributed by atoms with Gasteiger partial charge in [0.2, 0.25) is 0 Å². The highest BCUT2D eigenvalue weighted by Crippen LogP contribution is 2.41. The molecular weight excluding hydrogens is 350 g/mol. The number of ether oxygens (including phenoxy) is 2. The van der Waals surface area contributed by atoms with Crippen LogP contribution in [0.15, 0.2) is 60.2 Å². The summed E-state index contributed by atoms with van der Waals surface area (Å²) >= 11 is 0. The lowest BCUT2D eigenvalue weighted by atomic mass is 9.75. The van der Waals surface area contributed by atoms with Gasteiger partial charge in [-0.05, 0) is 60.7 Å². The molecular formula is C22H18F2O3. The van der Waals surface area contributed by atoms with E-state index in [0.29, 0.717) is 11.5 Å². The van der Waals surface area contributed by atoms with Crippen LogP contribution in [0.2, 0.25) is 0 Å². The van der Waals surface area contributed by atoms with E-state index in [-0.39, 0.29) is 11.7 Å². The van der Waals surface area contributed by atoms with E-state index in [2.05, 4.69) is 27.4 Å². The van der Waals surface area contributed by atoms with Crippen LogP contribution in [0, 0.1) is 11.8 Å². The SMILES string of the molecule is COC(=O)C=C1CC(c2cccc(C#Cc3ccc(OC(F)F)cc3)c2)C1. The number of rotatable bonds is 4. The molecule has 0 aliphatic heterocycles. The van der Waals surface area contributed by atoms with Crippen LogP contribution in [0.4, 0.5) is 8.78 Å². The molecule has 0 atom stereocenters. The first-order valence-electron chi connectivity index (χ1n) is 8.48. The fourth-order valence-corrected chi connectivity index (χ4v) is 2.89. The van der Waals surface area contributed by atoms with Gasteiger partial charge in [0.1, 0.15) is 5.75 Å². The third-order valence-corrected chi connectivity index (χ3v) is 4.33. The molecule has 2 aromatic rings. The molecule has 0 radical (unpaired) electrons. The monoisotopic (exact) mass is 368 g/mol. The van der Waals surface area contributed by atoms with Crippen molar-refractivity contribution in [3.8, 4) is 17.6 Å². The number of carbonyl (C=O) groups excluding carboxylic acids is 1. The number of allylic oxidation sites excluding steroid dienone is 1. The Hall–Kier alpha value is -3.13. The molecule has 1 aliphatic carbocycles. The van der Waals surface area contributed by atoms with E-state index in [4.69, 9.17) is 0 Å². The Kier molecular flexibility index (Phi) is 5.87. The molecule has 3 nitrogen and oxygen atoms in total. The van der Waals surface area contributed by atoms with Crippen LogP contribution in [0.5, 0.6) is 5.75 Å². The maximum absolute atomic E-state index is 12.2. The molecule has 1 fully saturated rings. The van der Waals surface area contributed by atoms with Crippen molar-refractivity contribution in [3.05, 3.63) is 76.9 Å². The zero-order valence-corrected chi connectivity index (χ0v) is 14.7. The molecule has 0 bridgehead atoms. The number of methoxy groups -OCH3 is 1. The second-order valence-corrected chi connectivity index (χ2v) is 6.21. The quantitative estimate of drug-likeness (QED) is 0.447. The van der Waals surface area contributed by atoms with Crippen molar-refractivity contribution >= 4 is 5.97 Å². The second kappa shape index (κ2) is 8.50. The third-order valence-electron chi connectivity index (χ3n) is 4.33. The summed E-state index contributed by atoms with van der Waals surface area (Å²) in [7, 11) is 1.37. The minimum absolute atomic E-state index is 0.110. The summed E-state index contributed by atoms with van der Waals surface area (Å²) in [4.78, 5) is 11.2. The predicted octanol–water partition coefficient (Wildman–Crippen LogP) is 4.66. The normalized spacial score (nSPS) is 15.4. The van der Waals surface area contributed by atoms with Crippen molar-refractivity contribution in [2.45, 2.75) is 25.4 Å². The number of benzene rings is 2. The third kappa shape index (κ3) is 5.18. The number of carbonyl (C=O) groups is 1. The van der Waals surface area contributed by atoms with Gasteiger partial charge < -0.3 is 9.47 Å². The average Bonchev–Trinajstić information content (AvgIpc) is 2.63. The van der Waals surface area contributed by atoms with Crippen molar-refractivity contribution < 1.29 is 23.0 Å². The summed E-state index contributed by atoms with van der Waals surface area (Å²) in [5, 5.41) is 0. The van der Waals surface area contributed by atoms with Crippen molar-refractivity contribution in [2.75, 3.05) is 7.11 Å². The molecule has 1 aliphatic rings. The van der Waals surface area contributed by atoms with Gasteiger partial charge >= 0.3 is 12.6 Å². The smallest absolute Gasteiger partial charge is 0.387 e. The Morgan fingerprint density at radius 3 is 2.48 bits per heavy atom. The van der Waals surface area contributed by atoms with Crippen LogP contribution in [0.25, 0.3) is 0 Å². The van der Waals surface area contributed by atoms with E-state index >= 15 is 0 Å². The van der Waals surface area contributed by atoms with E-state index < -0.39 is 6.61 Å². The fourth-order valence-electron chi connectivity index (χ4n) is 2.89. The fraction of sp³-hybridized carbons (Fsp3) is 0.227. The molecule has 5 heteroatoms. The molecule has 138 valence electrons. The van der Waals surface area contributed by atoms with Crippen molar-refractivity contribution in [1.29, 1.82) is 0 Å². The first-order valence-corrected chi connectivity index (χ1v) is 8.48. The Morgan fingerprint density at radius 1 is 1.11 bits per heavy atom. The van der Waals surface area contributed by atoms with Gasteiger partial charge in [-0.15, -0.1) is 0 Å². The van der Waals surface area contributed by atoms with Crippen molar-refractivity contribution in [3.63, 3.8) is 0 Å². The topological polar surface area (TPSA) is 35.5 Å². The lowest BCUT2D eigenvalue weighted by Crippen LogP contribution is -2.14. The van der Waals surface area contributed by atoms with E-state index in [9.17, 15) is 13.6 Å². The van der Waals surface area contributed by atoms with E-state index in [1.54, 1.807) is 18.2 Å². The highest BCUT2D eigenvalue weighted by molar-refractivity contribution is 5.83. The lowest BCUT2D eigenvalue weighted by molar-refractivity contribution is -0.134. The summed E-state index contributed by atoms with van der Waals surface area (Å²) in [5.41, 5.74) is 3.87. The maximum Gasteiger partial charge on any atom is 0.387 e. The zero-order valence-electron chi connectivity index (χ0n) is 14.7. The number of esters is 1. The highest BCUT2D eigenvalue weighted by Gasteiger charge is 2.25. The Bertz CT molecular complexity index is 897. The van der Waals surface area contributed by atoms with Crippen molar-refractivity contribution in [1.82, 2.24) is 0 Å². The second-order valence-electron chi connectivity index (χ2n) is 6.21. The average molecular weight is 368 g/mol. The Balaban J connectivity index is 1.65. The largest absolute Gasteiger partial charge is 0.466 e.